The van der Waals surface area contributed by atoms with Gasteiger partial charge in [0.1, 0.15) is 5.78 Å². The monoisotopic (exact) mass is 458 g/mol. The Balaban J connectivity index is 1.27. The average Bonchev–Trinajstić information content (AvgIpc) is 3.16. The summed E-state index contributed by atoms with van der Waals surface area (Å²) in [5.41, 5.74) is 0.306. The Bertz CT molecular complexity index is 762. The van der Waals surface area contributed by atoms with E-state index in [1.807, 2.05) is 4.90 Å². The zero-order chi connectivity index (χ0) is 23.4. The van der Waals surface area contributed by atoms with Gasteiger partial charge in [0.25, 0.3) is 0 Å². The van der Waals surface area contributed by atoms with Crippen LogP contribution >= 0.6 is 0 Å². The highest BCUT2D eigenvalue weighted by atomic mass is 16.3. The van der Waals surface area contributed by atoms with Gasteiger partial charge in [0, 0.05) is 45.6 Å². The van der Waals surface area contributed by atoms with Crippen LogP contribution in [0.4, 0.5) is 0 Å². The fourth-order valence-electron chi connectivity index (χ4n) is 9.65. The van der Waals surface area contributed by atoms with Crippen LogP contribution in [0.2, 0.25) is 0 Å². The number of carbonyl (C=O) groups excluding carboxylic acids is 2. The third kappa shape index (κ3) is 3.90. The number of rotatable bonds is 4. The fourth-order valence-corrected chi connectivity index (χ4v) is 9.65. The Morgan fingerprint density at radius 2 is 1.70 bits per heavy atom. The van der Waals surface area contributed by atoms with Crippen molar-refractivity contribution in [2.45, 2.75) is 78.6 Å². The number of aliphatic hydroxyl groups is 1. The van der Waals surface area contributed by atoms with Crippen molar-refractivity contribution >= 4 is 11.7 Å². The van der Waals surface area contributed by atoms with E-state index in [0.717, 1.165) is 44.9 Å². The first-order chi connectivity index (χ1) is 15.8. The van der Waals surface area contributed by atoms with Gasteiger partial charge in [0.15, 0.2) is 0 Å². The lowest BCUT2D eigenvalue weighted by molar-refractivity contribution is -0.151. The standard InChI is InChI=1S/C28H46N2O3/c1-19-8-11-28(18-31)21(16-19)4-5-22-23-6-7-25(27(23,3)10-9-24(22)28)26(33)17-29-12-14-30(15-13-29)20(2)32/h19,21-25,31H,4-18H2,1-3H3/t19-,21-,22-,23-,24?,25+,27-,28+/m0/s1. The van der Waals surface area contributed by atoms with Gasteiger partial charge in [-0.25, -0.2) is 0 Å². The number of fused-ring (bicyclic) bond motifs is 5. The molecule has 0 spiro atoms. The molecule has 0 radical (unpaired) electrons. The number of ketones is 1. The van der Waals surface area contributed by atoms with Gasteiger partial charge >= 0.3 is 0 Å². The molecule has 1 amide bonds. The predicted molar refractivity (Wildman–Crippen MR) is 129 cm³/mol. The second kappa shape index (κ2) is 8.93. The molecule has 5 fully saturated rings. The Hall–Kier alpha value is -0.940. The molecule has 4 saturated carbocycles. The molecule has 5 rings (SSSR count). The normalized spacial score (nSPS) is 45.8. The van der Waals surface area contributed by atoms with E-state index in [4.69, 9.17) is 0 Å². The van der Waals surface area contributed by atoms with Crippen LogP contribution in [0.3, 0.4) is 0 Å². The summed E-state index contributed by atoms with van der Waals surface area (Å²) in [6.45, 7) is 10.6. The summed E-state index contributed by atoms with van der Waals surface area (Å²) in [6.07, 6.45) is 11.0. The third-order valence-electron chi connectivity index (χ3n) is 11.5. The SMILES string of the molecule is CC(=O)N1CCN(CC(=O)[C@H]2CC[C@H]3[C@@H]4CC[C@H]5C[C@@H](C)CC[C@]5(CO)C4CC[C@]23C)CC1. The lowest BCUT2D eigenvalue weighted by Crippen LogP contribution is -2.56. The van der Waals surface area contributed by atoms with Crippen molar-refractivity contribution < 1.29 is 14.7 Å². The van der Waals surface area contributed by atoms with Crippen molar-refractivity contribution in [1.29, 1.82) is 0 Å². The molecule has 186 valence electrons. The molecule has 5 aliphatic rings. The highest BCUT2D eigenvalue weighted by Gasteiger charge is 2.62. The van der Waals surface area contributed by atoms with Gasteiger partial charge in [-0.1, -0.05) is 20.3 Å². The van der Waals surface area contributed by atoms with Gasteiger partial charge in [0.2, 0.25) is 5.91 Å². The summed E-state index contributed by atoms with van der Waals surface area (Å²) in [4.78, 5) is 29.4. The summed E-state index contributed by atoms with van der Waals surface area (Å²) in [6, 6.07) is 0. The number of hydrogen-bond donors (Lipinski definition) is 1. The Kier molecular flexibility index (Phi) is 6.44. The number of aliphatic hydroxyl groups excluding tert-OH is 1. The first-order valence-electron chi connectivity index (χ1n) is 13.9. The number of hydrogen-bond acceptors (Lipinski definition) is 4. The van der Waals surface area contributed by atoms with Gasteiger partial charge < -0.3 is 10.0 Å². The van der Waals surface area contributed by atoms with Gasteiger partial charge in [-0.2, -0.15) is 0 Å². The van der Waals surface area contributed by atoms with Crippen LogP contribution in [0.15, 0.2) is 0 Å². The molecule has 1 heterocycles. The summed E-state index contributed by atoms with van der Waals surface area (Å²) in [5.74, 6) is 4.35. The molecule has 1 N–H and O–H groups in total. The first kappa shape index (κ1) is 23.8. The van der Waals surface area contributed by atoms with Crippen molar-refractivity contribution in [2.24, 2.45) is 46.3 Å². The van der Waals surface area contributed by atoms with Crippen molar-refractivity contribution in [3.63, 3.8) is 0 Å². The molecule has 4 aliphatic carbocycles. The maximum absolute atomic E-state index is 13.6. The zero-order valence-corrected chi connectivity index (χ0v) is 21.2. The molecule has 0 aromatic carbocycles. The van der Waals surface area contributed by atoms with Gasteiger partial charge in [-0.15, -0.1) is 0 Å². The highest BCUT2D eigenvalue weighted by molar-refractivity contribution is 5.84. The van der Waals surface area contributed by atoms with Crippen LogP contribution < -0.4 is 0 Å². The molecule has 5 nitrogen and oxygen atoms in total. The Morgan fingerprint density at radius 3 is 2.39 bits per heavy atom. The van der Waals surface area contributed by atoms with Crippen molar-refractivity contribution in [1.82, 2.24) is 9.80 Å². The summed E-state index contributed by atoms with van der Waals surface area (Å²) < 4.78 is 0. The van der Waals surface area contributed by atoms with Crippen LogP contribution in [0, 0.1) is 46.3 Å². The maximum atomic E-state index is 13.6. The number of nitrogens with zero attached hydrogens (tertiary/aromatic N) is 2. The van der Waals surface area contributed by atoms with E-state index in [1.54, 1.807) is 6.92 Å². The Morgan fingerprint density at radius 1 is 0.939 bits per heavy atom. The lowest BCUT2D eigenvalue weighted by atomic mass is 9.44. The van der Waals surface area contributed by atoms with E-state index in [-0.39, 0.29) is 22.7 Å². The van der Waals surface area contributed by atoms with Gasteiger partial charge in [-0.3, -0.25) is 14.5 Å². The molecule has 1 saturated heterocycles. The van der Waals surface area contributed by atoms with Crippen molar-refractivity contribution in [3.8, 4) is 0 Å². The second-order valence-corrected chi connectivity index (χ2v) is 12.8. The topological polar surface area (TPSA) is 60.9 Å². The van der Waals surface area contributed by atoms with Crippen molar-refractivity contribution in [2.75, 3.05) is 39.3 Å². The van der Waals surface area contributed by atoms with E-state index < -0.39 is 0 Å². The van der Waals surface area contributed by atoms with E-state index in [9.17, 15) is 14.7 Å². The molecule has 1 aliphatic heterocycles. The molecular weight excluding hydrogens is 412 g/mol. The van der Waals surface area contributed by atoms with Gasteiger partial charge in [0.05, 0.1) is 6.54 Å². The summed E-state index contributed by atoms with van der Waals surface area (Å²) >= 11 is 0. The molecule has 5 heteroatoms. The minimum Gasteiger partial charge on any atom is -0.396 e. The molecule has 8 atom stereocenters. The zero-order valence-electron chi connectivity index (χ0n) is 21.2. The smallest absolute Gasteiger partial charge is 0.219 e. The number of carbonyl (C=O) groups is 2. The first-order valence-corrected chi connectivity index (χ1v) is 13.9. The van der Waals surface area contributed by atoms with Gasteiger partial charge in [-0.05, 0) is 91.8 Å². The fraction of sp³-hybridized carbons (Fsp3) is 0.929. The van der Waals surface area contributed by atoms with E-state index in [1.165, 1.54) is 44.9 Å². The van der Waals surface area contributed by atoms with Crippen molar-refractivity contribution in [3.05, 3.63) is 0 Å². The second-order valence-electron chi connectivity index (χ2n) is 12.8. The van der Waals surface area contributed by atoms with Crippen LogP contribution in [0.25, 0.3) is 0 Å². The number of amides is 1. The molecule has 33 heavy (non-hydrogen) atoms. The molecule has 0 aromatic heterocycles. The Labute approximate surface area is 200 Å². The number of Topliss-reactive ketones (excluding diaryl/α,β-unsaturated/α-hetero) is 1. The third-order valence-corrected chi connectivity index (χ3v) is 11.5. The van der Waals surface area contributed by atoms with Crippen LogP contribution in [0.5, 0.6) is 0 Å². The predicted octanol–water partition coefficient (Wildman–Crippen LogP) is 3.99. The maximum Gasteiger partial charge on any atom is 0.219 e. The molecule has 1 unspecified atom stereocenters. The highest BCUT2D eigenvalue weighted by Crippen LogP contribution is 2.67. The van der Waals surface area contributed by atoms with Crippen LogP contribution in [-0.4, -0.2) is 65.9 Å². The molecule has 0 aromatic rings. The molecular formula is C28H46N2O3. The van der Waals surface area contributed by atoms with E-state index in [0.29, 0.717) is 42.6 Å². The quantitative estimate of drug-likeness (QED) is 0.692. The summed E-state index contributed by atoms with van der Waals surface area (Å²) in [7, 11) is 0. The van der Waals surface area contributed by atoms with Crippen LogP contribution in [-0.2, 0) is 9.59 Å². The minimum atomic E-state index is 0.144. The number of piperazine rings is 1. The lowest BCUT2D eigenvalue weighted by Gasteiger charge is -2.61. The minimum absolute atomic E-state index is 0.144. The average molecular weight is 459 g/mol. The summed E-state index contributed by atoms with van der Waals surface area (Å²) in [5, 5.41) is 10.7. The van der Waals surface area contributed by atoms with Crippen LogP contribution in [0.1, 0.15) is 78.6 Å². The largest absolute Gasteiger partial charge is 0.396 e. The molecule has 0 bridgehead atoms. The van der Waals surface area contributed by atoms with E-state index >= 15 is 0 Å². The van der Waals surface area contributed by atoms with E-state index in [2.05, 4.69) is 18.7 Å².